The first kappa shape index (κ1) is 22.4. The van der Waals surface area contributed by atoms with Crippen LogP contribution < -0.4 is 5.32 Å². The van der Waals surface area contributed by atoms with E-state index in [4.69, 9.17) is 4.98 Å². The van der Waals surface area contributed by atoms with Gasteiger partial charge in [0.05, 0.1) is 5.25 Å². The van der Waals surface area contributed by atoms with Gasteiger partial charge in [0.15, 0.2) is 5.78 Å². The molecular formula is C26H22N4O2S. The third kappa shape index (κ3) is 5.51. The van der Waals surface area contributed by atoms with E-state index in [1.54, 1.807) is 31.2 Å². The predicted octanol–water partition coefficient (Wildman–Crippen LogP) is 5.53. The zero-order chi connectivity index (χ0) is 23.2. The highest BCUT2D eigenvalue weighted by Crippen LogP contribution is 2.30. The molecule has 1 aromatic heterocycles. The van der Waals surface area contributed by atoms with Gasteiger partial charge in [-0.3, -0.25) is 9.59 Å². The minimum Gasteiger partial charge on any atom is -0.325 e. The van der Waals surface area contributed by atoms with Crippen molar-refractivity contribution < 1.29 is 9.59 Å². The Bertz CT molecular complexity index is 1280. The average Bonchev–Trinajstić information content (AvgIpc) is 2.85. The van der Waals surface area contributed by atoms with Gasteiger partial charge in [0.1, 0.15) is 11.4 Å². The number of aromatic nitrogens is 3. The fourth-order valence-electron chi connectivity index (χ4n) is 3.22. The Morgan fingerprint density at radius 2 is 1.45 bits per heavy atom. The minimum atomic E-state index is -0.473. The van der Waals surface area contributed by atoms with E-state index in [0.29, 0.717) is 27.8 Å². The smallest absolute Gasteiger partial charge is 0.237 e. The van der Waals surface area contributed by atoms with Crippen molar-refractivity contribution in [3.05, 3.63) is 90.5 Å². The fourth-order valence-corrected chi connectivity index (χ4v) is 3.93. The summed E-state index contributed by atoms with van der Waals surface area (Å²) in [4.78, 5) is 29.1. The normalized spacial score (nSPS) is 11.6. The number of carbonyl (C=O) groups is 2. The number of hydrogen-bond donors (Lipinski definition) is 1. The molecule has 1 atom stereocenters. The fraction of sp³-hybridized carbons (Fsp3) is 0.115. The number of nitrogens with zero attached hydrogens (tertiary/aromatic N) is 3. The van der Waals surface area contributed by atoms with Crippen LogP contribution in [0.4, 0.5) is 5.69 Å². The monoisotopic (exact) mass is 454 g/mol. The van der Waals surface area contributed by atoms with Crippen LogP contribution >= 0.6 is 11.8 Å². The second kappa shape index (κ2) is 10.2. The summed E-state index contributed by atoms with van der Waals surface area (Å²) in [7, 11) is 0. The molecule has 4 rings (SSSR count). The summed E-state index contributed by atoms with van der Waals surface area (Å²) in [6, 6.07) is 26.4. The molecule has 1 amide bonds. The number of nitrogens with one attached hydrogen (secondary N) is 1. The van der Waals surface area contributed by atoms with Crippen LogP contribution in [0.3, 0.4) is 0 Å². The zero-order valence-corrected chi connectivity index (χ0v) is 19.0. The number of anilines is 1. The lowest BCUT2D eigenvalue weighted by molar-refractivity contribution is -0.115. The Morgan fingerprint density at radius 3 is 2.09 bits per heavy atom. The van der Waals surface area contributed by atoms with Crippen LogP contribution in [0.5, 0.6) is 0 Å². The molecule has 1 unspecified atom stereocenters. The topological polar surface area (TPSA) is 84.8 Å². The second-order valence-corrected chi connectivity index (χ2v) is 8.72. The Morgan fingerprint density at radius 1 is 0.818 bits per heavy atom. The zero-order valence-electron chi connectivity index (χ0n) is 18.2. The maximum absolute atomic E-state index is 12.7. The van der Waals surface area contributed by atoms with Gasteiger partial charge in [0, 0.05) is 22.4 Å². The molecule has 3 aromatic carbocycles. The summed E-state index contributed by atoms with van der Waals surface area (Å²) in [5.74, 6) is -0.266. The molecule has 0 aliphatic carbocycles. The second-order valence-electron chi connectivity index (χ2n) is 7.41. The molecule has 0 spiro atoms. The molecule has 6 nitrogen and oxygen atoms in total. The van der Waals surface area contributed by atoms with Gasteiger partial charge in [-0.1, -0.05) is 84.6 Å². The first-order valence-corrected chi connectivity index (χ1v) is 11.3. The summed E-state index contributed by atoms with van der Waals surface area (Å²) in [5.41, 5.74) is 4.36. The number of carbonyl (C=O) groups excluding carboxylic acids is 2. The molecule has 0 aliphatic heterocycles. The maximum Gasteiger partial charge on any atom is 0.237 e. The molecule has 0 bridgehead atoms. The van der Waals surface area contributed by atoms with Crippen LogP contribution in [0.15, 0.2) is 90.1 Å². The largest absolute Gasteiger partial charge is 0.325 e. The van der Waals surface area contributed by atoms with E-state index in [1.807, 2.05) is 60.7 Å². The number of benzene rings is 3. The van der Waals surface area contributed by atoms with E-state index < -0.39 is 5.25 Å². The first-order chi connectivity index (χ1) is 16.0. The van der Waals surface area contributed by atoms with Crippen LogP contribution in [0, 0.1) is 0 Å². The Labute approximate surface area is 196 Å². The number of amides is 1. The molecule has 0 radical (unpaired) electrons. The van der Waals surface area contributed by atoms with E-state index >= 15 is 0 Å². The predicted molar refractivity (Wildman–Crippen MR) is 131 cm³/mol. The van der Waals surface area contributed by atoms with Crippen molar-refractivity contribution in [3.63, 3.8) is 0 Å². The maximum atomic E-state index is 12.7. The van der Waals surface area contributed by atoms with Crippen molar-refractivity contribution >= 4 is 29.1 Å². The third-order valence-electron chi connectivity index (χ3n) is 4.95. The highest BCUT2D eigenvalue weighted by molar-refractivity contribution is 8.00. The highest BCUT2D eigenvalue weighted by Gasteiger charge is 2.19. The standard InChI is InChI=1S/C26H22N4O2S/c1-17(31)21-14-9-15-22(16-21)27-25(32)18(2)33-26-28-23(19-10-5-3-6-11-19)24(29-30-26)20-12-7-4-8-13-20/h3-16,18H,1-2H3,(H,27,32). The van der Waals surface area contributed by atoms with Gasteiger partial charge in [-0.05, 0) is 26.0 Å². The lowest BCUT2D eigenvalue weighted by atomic mass is 10.0. The van der Waals surface area contributed by atoms with Gasteiger partial charge in [-0.15, -0.1) is 10.2 Å². The van der Waals surface area contributed by atoms with Crippen molar-refractivity contribution in [2.24, 2.45) is 0 Å². The molecule has 0 aliphatic rings. The van der Waals surface area contributed by atoms with Crippen molar-refractivity contribution in [2.45, 2.75) is 24.3 Å². The summed E-state index contributed by atoms with van der Waals surface area (Å²) in [6.45, 7) is 3.28. The average molecular weight is 455 g/mol. The number of Topliss-reactive ketones (excluding diaryl/α,β-unsaturated/α-hetero) is 1. The molecule has 1 heterocycles. The van der Waals surface area contributed by atoms with Crippen LogP contribution in [0.2, 0.25) is 0 Å². The van der Waals surface area contributed by atoms with Crippen LogP contribution in [0.1, 0.15) is 24.2 Å². The van der Waals surface area contributed by atoms with Crippen molar-refractivity contribution in [1.29, 1.82) is 0 Å². The molecule has 0 fully saturated rings. The Hall–Kier alpha value is -3.84. The van der Waals surface area contributed by atoms with Gasteiger partial charge in [-0.2, -0.15) is 0 Å². The van der Waals surface area contributed by atoms with Gasteiger partial charge in [0.25, 0.3) is 0 Å². The lowest BCUT2D eigenvalue weighted by Gasteiger charge is -2.13. The highest BCUT2D eigenvalue weighted by atomic mass is 32.2. The van der Waals surface area contributed by atoms with E-state index in [2.05, 4.69) is 15.5 Å². The van der Waals surface area contributed by atoms with Crippen molar-refractivity contribution in [1.82, 2.24) is 15.2 Å². The summed E-state index contributed by atoms with van der Waals surface area (Å²) < 4.78 is 0. The molecule has 4 aromatic rings. The van der Waals surface area contributed by atoms with Gasteiger partial charge in [0.2, 0.25) is 11.1 Å². The van der Waals surface area contributed by atoms with E-state index in [9.17, 15) is 9.59 Å². The van der Waals surface area contributed by atoms with Crippen LogP contribution in [-0.4, -0.2) is 32.1 Å². The SMILES string of the molecule is CC(=O)c1cccc(NC(=O)C(C)Sc2nnc(-c3ccccc3)c(-c3ccccc3)n2)c1. The summed E-state index contributed by atoms with van der Waals surface area (Å²) in [6.07, 6.45) is 0. The molecule has 0 saturated heterocycles. The quantitative estimate of drug-likeness (QED) is 0.292. The molecule has 0 saturated carbocycles. The third-order valence-corrected chi connectivity index (χ3v) is 5.90. The summed E-state index contributed by atoms with van der Waals surface area (Å²) >= 11 is 1.23. The first-order valence-electron chi connectivity index (χ1n) is 10.5. The molecule has 33 heavy (non-hydrogen) atoms. The van der Waals surface area contributed by atoms with E-state index in [1.165, 1.54) is 18.7 Å². The van der Waals surface area contributed by atoms with Gasteiger partial charge >= 0.3 is 0 Å². The molecular weight excluding hydrogens is 432 g/mol. The molecule has 164 valence electrons. The van der Waals surface area contributed by atoms with Crippen molar-refractivity contribution in [2.75, 3.05) is 5.32 Å². The van der Waals surface area contributed by atoms with Gasteiger partial charge < -0.3 is 5.32 Å². The number of ketones is 1. The number of thioether (sulfide) groups is 1. The van der Waals surface area contributed by atoms with Crippen LogP contribution in [0.25, 0.3) is 22.5 Å². The van der Waals surface area contributed by atoms with E-state index in [0.717, 1.165) is 11.1 Å². The van der Waals surface area contributed by atoms with E-state index in [-0.39, 0.29) is 11.7 Å². The minimum absolute atomic E-state index is 0.0556. The Balaban J connectivity index is 1.57. The summed E-state index contributed by atoms with van der Waals surface area (Å²) in [5, 5.41) is 11.5. The van der Waals surface area contributed by atoms with Gasteiger partial charge in [-0.25, -0.2) is 4.98 Å². The molecule has 1 N–H and O–H groups in total. The lowest BCUT2D eigenvalue weighted by Crippen LogP contribution is -2.23. The number of hydrogen-bond acceptors (Lipinski definition) is 6. The number of rotatable bonds is 7. The Kier molecular flexibility index (Phi) is 6.90. The molecule has 7 heteroatoms. The van der Waals surface area contributed by atoms with Crippen molar-refractivity contribution in [3.8, 4) is 22.5 Å². The van der Waals surface area contributed by atoms with Crippen LogP contribution in [-0.2, 0) is 4.79 Å².